The maximum atomic E-state index is 12.4. The van der Waals surface area contributed by atoms with Gasteiger partial charge in [-0.3, -0.25) is 19.5 Å². The number of carboxylic acids is 1. The normalized spacial score (nSPS) is 10.8. The Kier molecular flexibility index (Phi) is 5.29. The van der Waals surface area contributed by atoms with Gasteiger partial charge in [-0.1, -0.05) is 29.8 Å². The van der Waals surface area contributed by atoms with Crippen molar-refractivity contribution >= 4 is 40.9 Å². The van der Waals surface area contributed by atoms with Crippen molar-refractivity contribution in [3.63, 3.8) is 0 Å². The highest BCUT2D eigenvalue weighted by Gasteiger charge is 2.19. The molecule has 3 rings (SSSR count). The van der Waals surface area contributed by atoms with Gasteiger partial charge in [-0.05, 0) is 11.6 Å². The summed E-state index contributed by atoms with van der Waals surface area (Å²) in [4.78, 5) is 39.2. The molecule has 0 aliphatic rings. The minimum Gasteiger partial charge on any atom is -0.480 e. The molecule has 3 aromatic rings. The van der Waals surface area contributed by atoms with Gasteiger partial charge in [-0.2, -0.15) is 0 Å². The van der Waals surface area contributed by atoms with Crippen molar-refractivity contribution in [2.45, 2.75) is 10.8 Å². The number of fused-ring (bicyclic) bond motifs is 1. The number of hydrogen-bond acceptors (Lipinski definition) is 5. The van der Waals surface area contributed by atoms with Gasteiger partial charge in [-0.25, -0.2) is 9.50 Å². The highest BCUT2D eigenvalue weighted by molar-refractivity contribution is 7.98. The SMILES string of the molecule is O=C(O)CNC(=O)c1c(=O)cc(SCc2ccccc2Cl)n2[nH]cnc12. The first-order valence-electron chi connectivity index (χ1n) is 7.42. The van der Waals surface area contributed by atoms with Gasteiger partial charge in [0.1, 0.15) is 23.5 Å². The Morgan fingerprint density at radius 1 is 1.35 bits per heavy atom. The summed E-state index contributed by atoms with van der Waals surface area (Å²) in [5.74, 6) is -1.47. The van der Waals surface area contributed by atoms with Crippen LogP contribution in [0.3, 0.4) is 0 Å². The average Bonchev–Trinajstić information content (AvgIpc) is 3.08. The van der Waals surface area contributed by atoms with Gasteiger partial charge in [0.25, 0.3) is 5.91 Å². The summed E-state index contributed by atoms with van der Waals surface area (Å²) in [7, 11) is 0. The zero-order valence-corrected chi connectivity index (χ0v) is 14.8. The van der Waals surface area contributed by atoms with Crippen molar-refractivity contribution in [3.8, 4) is 0 Å². The number of rotatable bonds is 6. The highest BCUT2D eigenvalue weighted by atomic mass is 35.5. The second-order valence-electron chi connectivity index (χ2n) is 5.22. The van der Waals surface area contributed by atoms with Crippen LogP contribution in [0.15, 0.2) is 46.5 Å². The number of aromatic nitrogens is 3. The molecule has 0 saturated heterocycles. The number of halogens is 1. The molecule has 0 bridgehead atoms. The number of nitrogens with zero attached hydrogens (tertiary/aromatic N) is 2. The first-order chi connectivity index (χ1) is 12.5. The number of aromatic amines is 1. The van der Waals surface area contributed by atoms with Gasteiger partial charge in [-0.15, -0.1) is 11.8 Å². The van der Waals surface area contributed by atoms with E-state index in [0.717, 1.165) is 5.56 Å². The van der Waals surface area contributed by atoms with Crippen LogP contribution in [-0.4, -0.2) is 38.1 Å². The third kappa shape index (κ3) is 3.73. The first-order valence-corrected chi connectivity index (χ1v) is 8.79. The lowest BCUT2D eigenvalue weighted by molar-refractivity contribution is -0.135. The summed E-state index contributed by atoms with van der Waals surface area (Å²) in [6.45, 7) is -0.585. The fraction of sp³-hybridized carbons (Fsp3) is 0.125. The quantitative estimate of drug-likeness (QED) is 0.550. The third-order valence-electron chi connectivity index (χ3n) is 3.49. The predicted octanol–water partition coefficient (Wildman–Crippen LogP) is 1.78. The van der Waals surface area contributed by atoms with Crippen LogP contribution >= 0.6 is 23.4 Å². The Morgan fingerprint density at radius 3 is 2.85 bits per heavy atom. The highest BCUT2D eigenvalue weighted by Crippen LogP contribution is 2.26. The van der Waals surface area contributed by atoms with E-state index in [1.165, 1.54) is 28.7 Å². The summed E-state index contributed by atoms with van der Waals surface area (Å²) in [5.41, 5.74) is 0.279. The Morgan fingerprint density at radius 2 is 2.12 bits per heavy atom. The van der Waals surface area contributed by atoms with E-state index < -0.39 is 23.9 Å². The zero-order valence-electron chi connectivity index (χ0n) is 13.2. The fourth-order valence-corrected chi connectivity index (χ4v) is 3.60. The fourth-order valence-electron chi connectivity index (χ4n) is 2.30. The van der Waals surface area contributed by atoms with E-state index in [1.807, 2.05) is 18.2 Å². The van der Waals surface area contributed by atoms with E-state index in [9.17, 15) is 14.4 Å². The topological polar surface area (TPSA) is 117 Å². The molecule has 1 amide bonds. The molecule has 0 aliphatic heterocycles. The van der Waals surface area contributed by atoms with Gasteiger partial charge in [0.2, 0.25) is 0 Å². The number of carbonyl (C=O) groups excluding carboxylic acids is 1. The molecule has 3 N–H and O–H groups in total. The number of nitrogens with one attached hydrogen (secondary N) is 2. The lowest BCUT2D eigenvalue weighted by Gasteiger charge is -2.08. The molecule has 1 aromatic carbocycles. The van der Waals surface area contributed by atoms with E-state index >= 15 is 0 Å². The minimum absolute atomic E-state index is 0.127. The zero-order chi connectivity index (χ0) is 18.7. The predicted molar refractivity (Wildman–Crippen MR) is 96.8 cm³/mol. The van der Waals surface area contributed by atoms with Crippen molar-refractivity contribution in [2.75, 3.05) is 6.54 Å². The molecule has 0 atom stereocenters. The van der Waals surface area contributed by atoms with Gasteiger partial charge in [0.15, 0.2) is 11.1 Å². The minimum atomic E-state index is -1.20. The molecule has 2 aromatic heterocycles. The molecule has 0 unspecified atom stereocenters. The van der Waals surface area contributed by atoms with E-state index in [2.05, 4.69) is 15.4 Å². The Bertz CT molecular complexity index is 1050. The van der Waals surface area contributed by atoms with Gasteiger partial charge < -0.3 is 10.4 Å². The summed E-state index contributed by atoms with van der Waals surface area (Å²) in [6, 6.07) is 8.68. The smallest absolute Gasteiger partial charge is 0.322 e. The number of benzene rings is 1. The Balaban J connectivity index is 1.92. The maximum absolute atomic E-state index is 12.4. The average molecular weight is 393 g/mol. The molecule has 134 valence electrons. The summed E-state index contributed by atoms with van der Waals surface area (Å²) in [6.07, 6.45) is 1.35. The molecule has 2 heterocycles. The number of H-pyrrole nitrogens is 1. The summed E-state index contributed by atoms with van der Waals surface area (Å²) >= 11 is 7.50. The van der Waals surface area contributed by atoms with Crippen molar-refractivity contribution < 1.29 is 14.7 Å². The van der Waals surface area contributed by atoms with Crippen LogP contribution < -0.4 is 10.7 Å². The van der Waals surface area contributed by atoms with E-state index in [0.29, 0.717) is 15.8 Å². The molecule has 26 heavy (non-hydrogen) atoms. The molecule has 0 spiro atoms. The lowest BCUT2D eigenvalue weighted by atomic mass is 10.2. The number of pyridine rings is 1. The van der Waals surface area contributed by atoms with Crippen LogP contribution in [-0.2, 0) is 10.5 Å². The third-order valence-corrected chi connectivity index (χ3v) is 4.91. The van der Waals surface area contributed by atoms with Crippen LogP contribution in [0.5, 0.6) is 0 Å². The van der Waals surface area contributed by atoms with Crippen LogP contribution in [0.4, 0.5) is 0 Å². The van der Waals surface area contributed by atoms with Crippen molar-refractivity contribution in [1.82, 2.24) is 19.9 Å². The first kappa shape index (κ1) is 18.0. The molecule has 0 saturated carbocycles. The molecular weight excluding hydrogens is 380 g/mol. The standard InChI is InChI=1S/C16H13ClN4O4S/c17-10-4-2-1-3-9(10)7-26-12-5-11(22)14(15-19-8-20-21(12)15)16(25)18-6-13(23)24/h1-5,8H,6-7H2,(H,18,25)(H,19,20)(H,23,24). The number of carboxylic acid groups (broad SMARTS) is 1. The van der Waals surface area contributed by atoms with Crippen molar-refractivity contribution in [1.29, 1.82) is 0 Å². The summed E-state index contributed by atoms with van der Waals surface area (Å²) in [5, 5.41) is 14.9. The molecule has 0 radical (unpaired) electrons. The Hall–Kier alpha value is -2.78. The van der Waals surface area contributed by atoms with Gasteiger partial charge in [0.05, 0.1) is 0 Å². The molecule has 10 heteroatoms. The van der Waals surface area contributed by atoms with Crippen LogP contribution in [0.25, 0.3) is 5.65 Å². The van der Waals surface area contributed by atoms with Crippen LogP contribution in [0.2, 0.25) is 5.02 Å². The molecule has 0 fully saturated rings. The number of carbonyl (C=O) groups is 2. The number of amides is 1. The lowest BCUT2D eigenvalue weighted by Crippen LogP contribution is -2.33. The van der Waals surface area contributed by atoms with Crippen LogP contribution in [0, 0.1) is 0 Å². The largest absolute Gasteiger partial charge is 0.480 e. The molecule has 0 aliphatic carbocycles. The summed E-state index contributed by atoms with van der Waals surface area (Å²) < 4.78 is 1.50. The molecule has 8 nitrogen and oxygen atoms in total. The van der Waals surface area contributed by atoms with Gasteiger partial charge in [0, 0.05) is 16.8 Å². The van der Waals surface area contributed by atoms with Gasteiger partial charge >= 0.3 is 5.97 Å². The van der Waals surface area contributed by atoms with E-state index in [4.69, 9.17) is 16.7 Å². The molecular formula is C16H13ClN4O4S. The van der Waals surface area contributed by atoms with Crippen molar-refractivity contribution in [3.05, 3.63) is 63.0 Å². The number of thioether (sulfide) groups is 1. The van der Waals surface area contributed by atoms with Crippen LogP contribution in [0.1, 0.15) is 15.9 Å². The monoisotopic (exact) mass is 392 g/mol. The number of aliphatic carboxylic acids is 1. The second-order valence-corrected chi connectivity index (χ2v) is 6.63. The number of hydrogen-bond donors (Lipinski definition) is 3. The maximum Gasteiger partial charge on any atom is 0.322 e. The van der Waals surface area contributed by atoms with E-state index in [-0.39, 0.29) is 11.2 Å². The second kappa shape index (κ2) is 7.63. The van der Waals surface area contributed by atoms with Crippen molar-refractivity contribution in [2.24, 2.45) is 0 Å². The van der Waals surface area contributed by atoms with E-state index in [1.54, 1.807) is 6.07 Å². The Labute approximate surface area is 156 Å².